The molecule has 0 spiro atoms. The highest BCUT2D eigenvalue weighted by molar-refractivity contribution is 7.13. The lowest BCUT2D eigenvalue weighted by Crippen LogP contribution is -1.96. The molecule has 100 valence electrons. The van der Waals surface area contributed by atoms with Crippen molar-refractivity contribution in [2.75, 3.05) is 5.73 Å². The number of rotatable bonds is 3. The minimum absolute atomic E-state index is 0.396. The van der Waals surface area contributed by atoms with Crippen LogP contribution < -0.4 is 5.73 Å². The van der Waals surface area contributed by atoms with E-state index in [2.05, 4.69) is 39.7 Å². The Hall–Kier alpha value is -2.40. The van der Waals surface area contributed by atoms with Crippen LogP contribution in [0, 0.1) is 6.92 Å². The standard InChI is InChI=1S/C15H14N4S/c1-11-10-19(15(16)18-11)17-9-12-4-2-5-13(8-12)14-6-3-7-20-14/h2-10H,1H3,(H2,16,18). The lowest BCUT2D eigenvalue weighted by molar-refractivity contribution is 0.897. The van der Waals surface area contributed by atoms with Crippen molar-refractivity contribution in [3.05, 3.63) is 59.2 Å². The molecule has 0 amide bonds. The van der Waals surface area contributed by atoms with Crippen LogP contribution in [0.4, 0.5) is 5.95 Å². The number of imidazole rings is 1. The van der Waals surface area contributed by atoms with Gasteiger partial charge >= 0.3 is 0 Å². The average Bonchev–Trinajstić information content (AvgIpc) is 3.07. The van der Waals surface area contributed by atoms with E-state index in [1.54, 1.807) is 28.4 Å². The van der Waals surface area contributed by atoms with E-state index in [0.717, 1.165) is 11.3 Å². The fraction of sp³-hybridized carbons (Fsp3) is 0.0667. The molecular weight excluding hydrogens is 268 g/mol. The summed E-state index contributed by atoms with van der Waals surface area (Å²) in [5, 5.41) is 6.40. The summed E-state index contributed by atoms with van der Waals surface area (Å²) >= 11 is 1.73. The maximum atomic E-state index is 5.75. The minimum atomic E-state index is 0.396. The summed E-state index contributed by atoms with van der Waals surface area (Å²) < 4.78 is 1.58. The summed E-state index contributed by atoms with van der Waals surface area (Å²) in [5.74, 6) is 0.396. The maximum absolute atomic E-state index is 5.75. The number of anilines is 1. The number of aryl methyl sites for hydroxylation is 1. The average molecular weight is 282 g/mol. The van der Waals surface area contributed by atoms with Gasteiger partial charge in [0.15, 0.2) is 0 Å². The van der Waals surface area contributed by atoms with Crippen LogP contribution >= 0.6 is 11.3 Å². The molecule has 0 saturated heterocycles. The molecule has 0 aliphatic heterocycles. The zero-order chi connectivity index (χ0) is 13.9. The normalized spacial score (nSPS) is 11.2. The van der Waals surface area contributed by atoms with Gasteiger partial charge in [0.05, 0.1) is 18.1 Å². The number of hydrogen-bond acceptors (Lipinski definition) is 4. The molecule has 20 heavy (non-hydrogen) atoms. The van der Waals surface area contributed by atoms with Gasteiger partial charge in [-0.2, -0.15) is 5.10 Å². The van der Waals surface area contributed by atoms with Crippen molar-refractivity contribution >= 4 is 23.5 Å². The predicted molar refractivity (Wildman–Crippen MR) is 84.1 cm³/mol. The Balaban J connectivity index is 1.88. The minimum Gasteiger partial charge on any atom is -0.368 e. The molecule has 5 heteroatoms. The first kappa shape index (κ1) is 12.6. The molecule has 3 aromatic rings. The number of nitrogens with zero attached hydrogens (tertiary/aromatic N) is 3. The fourth-order valence-corrected chi connectivity index (χ4v) is 2.66. The Morgan fingerprint density at radius 2 is 2.20 bits per heavy atom. The van der Waals surface area contributed by atoms with E-state index >= 15 is 0 Å². The van der Waals surface area contributed by atoms with Gasteiger partial charge in [-0.1, -0.05) is 24.3 Å². The SMILES string of the molecule is Cc1cn(N=Cc2cccc(-c3cccs3)c2)c(N)n1. The second kappa shape index (κ2) is 5.30. The molecule has 0 atom stereocenters. The van der Waals surface area contributed by atoms with Gasteiger partial charge < -0.3 is 5.73 Å². The molecular formula is C15H14N4S. The summed E-state index contributed by atoms with van der Waals surface area (Å²) in [5.41, 5.74) is 8.83. The van der Waals surface area contributed by atoms with Crippen LogP contribution in [0.15, 0.2) is 53.1 Å². The molecule has 2 aromatic heterocycles. The highest BCUT2D eigenvalue weighted by Crippen LogP contribution is 2.24. The third-order valence-corrected chi connectivity index (χ3v) is 3.78. The van der Waals surface area contributed by atoms with Gasteiger partial charge in [-0.3, -0.25) is 0 Å². The Morgan fingerprint density at radius 1 is 1.30 bits per heavy atom. The summed E-state index contributed by atoms with van der Waals surface area (Å²) in [6.45, 7) is 1.89. The second-order valence-electron chi connectivity index (χ2n) is 4.43. The Bertz CT molecular complexity index is 741. The van der Waals surface area contributed by atoms with Crippen molar-refractivity contribution < 1.29 is 0 Å². The van der Waals surface area contributed by atoms with E-state index in [0.29, 0.717) is 5.95 Å². The third-order valence-electron chi connectivity index (χ3n) is 2.86. The van der Waals surface area contributed by atoms with Gasteiger partial charge in [-0.05, 0) is 35.6 Å². The summed E-state index contributed by atoms with van der Waals surface area (Å²) in [6, 6.07) is 12.4. The quantitative estimate of drug-likeness (QED) is 0.749. The smallest absolute Gasteiger partial charge is 0.221 e. The van der Waals surface area contributed by atoms with E-state index in [4.69, 9.17) is 5.73 Å². The van der Waals surface area contributed by atoms with Crippen LogP contribution in [0.2, 0.25) is 0 Å². The molecule has 0 unspecified atom stereocenters. The van der Waals surface area contributed by atoms with Crippen molar-refractivity contribution in [3.8, 4) is 10.4 Å². The zero-order valence-electron chi connectivity index (χ0n) is 11.0. The largest absolute Gasteiger partial charge is 0.368 e. The van der Waals surface area contributed by atoms with Crippen LogP contribution in [0.1, 0.15) is 11.3 Å². The zero-order valence-corrected chi connectivity index (χ0v) is 11.8. The van der Waals surface area contributed by atoms with E-state index in [1.165, 1.54) is 10.4 Å². The number of hydrogen-bond donors (Lipinski definition) is 1. The molecule has 0 aliphatic carbocycles. The first-order valence-electron chi connectivity index (χ1n) is 6.22. The molecule has 4 nitrogen and oxygen atoms in total. The highest BCUT2D eigenvalue weighted by Gasteiger charge is 2.00. The highest BCUT2D eigenvalue weighted by atomic mass is 32.1. The molecule has 3 rings (SSSR count). The van der Waals surface area contributed by atoms with Gasteiger partial charge in [-0.25, -0.2) is 9.66 Å². The monoisotopic (exact) mass is 282 g/mol. The Kier molecular flexibility index (Phi) is 3.35. The fourth-order valence-electron chi connectivity index (χ4n) is 1.94. The number of benzene rings is 1. The van der Waals surface area contributed by atoms with Gasteiger partial charge in [0.2, 0.25) is 5.95 Å². The lowest BCUT2D eigenvalue weighted by Gasteiger charge is -2.00. The van der Waals surface area contributed by atoms with Crippen LogP contribution in [-0.4, -0.2) is 15.9 Å². The summed E-state index contributed by atoms with van der Waals surface area (Å²) in [7, 11) is 0. The summed E-state index contributed by atoms with van der Waals surface area (Å²) in [4.78, 5) is 5.36. The number of nitrogens with two attached hydrogens (primary N) is 1. The second-order valence-corrected chi connectivity index (χ2v) is 5.38. The molecule has 1 aromatic carbocycles. The maximum Gasteiger partial charge on any atom is 0.221 e. The third kappa shape index (κ3) is 2.62. The molecule has 2 heterocycles. The Labute approximate surface area is 121 Å². The molecule has 0 saturated carbocycles. The van der Waals surface area contributed by atoms with Gasteiger partial charge in [0.1, 0.15) is 0 Å². The van der Waals surface area contributed by atoms with Crippen LogP contribution in [0.3, 0.4) is 0 Å². The molecule has 2 N–H and O–H groups in total. The first-order valence-corrected chi connectivity index (χ1v) is 7.10. The van der Waals surface area contributed by atoms with Crippen molar-refractivity contribution in [1.82, 2.24) is 9.66 Å². The van der Waals surface area contributed by atoms with Gasteiger partial charge in [0.25, 0.3) is 0 Å². The van der Waals surface area contributed by atoms with Crippen molar-refractivity contribution in [3.63, 3.8) is 0 Å². The van der Waals surface area contributed by atoms with E-state index in [-0.39, 0.29) is 0 Å². The van der Waals surface area contributed by atoms with E-state index in [1.807, 2.05) is 19.1 Å². The molecule has 0 bridgehead atoms. The van der Waals surface area contributed by atoms with Crippen molar-refractivity contribution in [2.24, 2.45) is 5.10 Å². The first-order chi connectivity index (χ1) is 9.72. The number of nitrogen functional groups attached to an aromatic ring is 1. The van der Waals surface area contributed by atoms with E-state index in [9.17, 15) is 0 Å². The molecule has 0 fully saturated rings. The van der Waals surface area contributed by atoms with Crippen molar-refractivity contribution in [1.29, 1.82) is 0 Å². The van der Waals surface area contributed by atoms with E-state index < -0.39 is 0 Å². The topological polar surface area (TPSA) is 56.2 Å². The van der Waals surface area contributed by atoms with Crippen LogP contribution in [0.5, 0.6) is 0 Å². The number of aromatic nitrogens is 2. The summed E-state index contributed by atoms with van der Waals surface area (Å²) in [6.07, 6.45) is 3.59. The Morgan fingerprint density at radius 3 is 2.90 bits per heavy atom. The van der Waals surface area contributed by atoms with Gasteiger partial charge in [-0.15, -0.1) is 11.3 Å². The van der Waals surface area contributed by atoms with Gasteiger partial charge in [0, 0.05) is 4.88 Å². The molecule has 0 radical (unpaired) electrons. The van der Waals surface area contributed by atoms with Crippen LogP contribution in [0.25, 0.3) is 10.4 Å². The van der Waals surface area contributed by atoms with Crippen LogP contribution in [-0.2, 0) is 0 Å². The lowest BCUT2D eigenvalue weighted by atomic mass is 10.1. The van der Waals surface area contributed by atoms with Crippen molar-refractivity contribution in [2.45, 2.75) is 6.92 Å². The number of thiophene rings is 1. The predicted octanol–water partition coefficient (Wildman–Crippen LogP) is 3.38. The molecule has 0 aliphatic rings.